The molecule has 0 bridgehead atoms. The Labute approximate surface area is 165 Å². The Balaban J connectivity index is 1.97. The number of amides is 1. The molecule has 0 radical (unpaired) electrons. The molecule has 0 N–H and O–H groups in total. The SMILES string of the molecule is CCN1C(=O)/C(=C\c2ccc(Cl)c([N+](=O)[O-])c2)SC1=Nc1ccccc1C. The maximum atomic E-state index is 12.7. The van der Waals surface area contributed by atoms with E-state index in [-0.39, 0.29) is 16.6 Å². The molecule has 0 saturated carbocycles. The topological polar surface area (TPSA) is 75.8 Å². The predicted molar refractivity (Wildman–Crippen MR) is 109 cm³/mol. The standard InChI is InChI=1S/C19H16ClN3O3S/c1-3-22-18(24)17(11-13-8-9-14(20)16(10-13)23(25)26)27-19(22)21-15-7-5-4-6-12(15)2/h4-11H,3H2,1-2H3/b17-11+,21-19?. The number of para-hydroxylation sites is 1. The van der Waals surface area contributed by atoms with E-state index in [0.29, 0.717) is 22.2 Å². The number of nitrogens with zero attached hydrogens (tertiary/aromatic N) is 3. The molecule has 2 aromatic carbocycles. The van der Waals surface area contributed by atoms with Crippen molar-refractivity contribution >= 4 is 51.9 Å². The fraction of sp³-hybridized carbons (Fsp3) is 0.158. The monoisotopic (exact) mass is 401 g/mol. The zero-order valence-corrected chi connectivity index (χ0v) is 16.3. The summed E-state index contributed by atoms with van der Waals surface area (Å²) < 4.78 is 0. The first-order chi connectivity index (χ1) is 12.9. The lowest BCUT2D eigenvalue weighted by molar-refractivity contribution is -0.384. The third kappa shape index (κ3) is 4.04. The molecular formula is C19H16ClN3O3S. The maximum absolute atomic E-state index is 12.7. The minimum Gasteiger partial charge on any atom is -0.287 e. The molecule has 0 spiro atoms. The number of rotatable bonds is 4. The normalized spacial score (nSPS) is 17.1. The molecule has 0 atom stereocenters. The number of thioether (sulfide) groups is 1. The molecule has 6 nitrogen and oxygen atoms in total. The van der Waals surface area contributed by atoms with Crippen molar-refractivity contribution in [2.24, 2.45) is 4.99 Å². The lowest BCUT2D eigenvalue weighted by atomic mass is 10.2. The minimum atomic E-state index is -0.544. The molecule has 1 saturated heterocycles. The molecular weight excluding hydrogens is 386 g/mol. The number of carbonyl (C=O) groups excluding carboxylic acids is 1. The highest BCUT2D eigenvalue weighted by atomic mass is 35.5. The summed E-state index contributed by atoms with van der Waals surface area (Å²) in [4.78, 5) is 29.9. The number of halogens is 1. The quantitative estimate of drug-likeness (QED) is 0.401. The van der Waals surface area contributed by atoms with Gasteiger partial charge in [-0.1, -0.05) is 35.9 Å². The van der Waals surface area contributed by atoms with Crippen molar-refractivity contribution in [3.05, 3.63) is 73.6 Å². The number of benzene rings is 2. The Morgan fingerprint density at radius 3 is 2.70 bits per heavy atom. The van der Waals surface area contributed by atoms with Crippen LogP contribution in [0.15, 0.2) is 52.4 Å². The highest BCUT2D eigenvalue weighted by Crippen LogP contribution is 2.35. The Morgan fingerprint density at radius 2 is 2.04 bits per heavy atom. The molecule has 27 heavy (non-hydrogen) atoms. The van der Waals surface area contributed by atoms with Crippen LogP contribution in [0.3, 0.4) is 0 Å². The minimum absolute atomic E-state index is 0.0598. The average molecular weight is 402 g/mol. The first kappa shape index (κ1) is 19.1. The lowest BCUT2D eigenvalue weighted by Crippen LogP contribution is -2.28. The Bertz CT molecular complexity index is 988. The van der Waals surface area contributed by atoms with Gasteiger partial charge in [0.05, 0.1) is 15.5 Å². The number of amidine groups is 1. The number of hydrogen-bond donors (Lipinski definition) is 0. The zero-order valence-electron chi connectivity index (χ0n) is 14.7. The van der Waals surface area contributed by atoms with Crippen LogP contribution >= 0.6 is 23.4 Å². The van der Waals surface area contributed by atoms with Gasteiger partial charge in [0.15, 0.2) is 5.17 Å². The van der Waals surface area contributed by atoms with Crippen molar-refractivity contribution in [3.8, 4) is 0 Å². The van der Waals surface area contributed by atoms with Crippen LogP contribution in [0.4, 0.5) is 11.4 Å². The number of nitro benzene ring substituents is 1. The zero-order chi connectivity index (χ0) is 19.6. The van der Waals surface area contributed by atoms with E-state index in [0.717, 1.165) is 11.3 Å². The van der Waals surface area contributed by atoms with Crippen LogP contribution in [0.2, 0.25) is 5.02 Å². The first-order valence-electron chi connectivity index (χ1n) is 8.20. The molecule has 1 amide bonds. The summed E-state index contributed by atoms with van der Waals surface area (Å²) >= 11 is 7.10. The van der Waals surface area contributed by atoms with Gasteiger partial charge in [-0.25, -0.2) is 4.99 Å². The van der Waals surface area contributed by atoms with Gasteiger partial charge in [0.1, 0.15) is 5.02 Å². The first-order valence-corrected chi connectivity index (χ1v) is 9.40. The van der Waals surface area contributed by atoms with Crippen LogP contribution in [0.25, 0.3) is 6.08 Å². The van der Waals surface area contributed by atoms with E-state index in [1.807, 2.05) is 38.1 Å². The summed E-state index contributed by atoms with van der Waals surface area (Å²) in [6.07, 6.45) is 1.62. The van der Waals surface area contributed by atoms with Gasteiger partial charge in [0.2, 0.25) is 0 Å². The molecule has 3 rings (SSSR count). The summed E-state index contributed by atoms with van der Waals surface area (Å²) in [6, 6.07) is 12.1. The molecule has 8 heteroatoms. The van der Waals surface area contributed by atoms with E-state index in [1.165, 1.54) is 23.9 Å². The Kier molecular flexibility index (Phi) is 5.62. The van der Waals surface area contributed by atoms with Crippen molar-refractivity contribution in [2.45, 2.75) is 13.8 Å². The molecule has 1 fully saturated rings. The van der Waals surface area contributed by atoms with E-state index in [1.54, 1.807) is 17.0 Å². The summed E-state index contributed by atoms with van der Waals surface area (Å²) in [5.41, 5.74) is 2.16. The van der Waals surface area contributed by atoms with Gasteiger partial charge in [-0.2, -0.15) is 0 Å². The predicted octanol–water partition coefficient (Wildman–Crippen LogP) is 5.18. The molecule has 0 aliphatic carbocycles. The number of aliphatic imine (C=N–C) groups is 1. The van der Waals surface area contributed by atoms with E-state index < -0.39 is 4.92 Å². The number of hydrogen-bond acceptors (Lipinski definition) is 5. The highest BCUT2D eigenvalue weighted by Gasteiger charge is 2.32. The third-order valence-electron chi connectivity index (χ3n) is 4.00. The van der Waals surface area contributed by atoms with Gasteiger partial charge in [-0.15, -0.1) is 0 Å². The fourth-order valence-corrected chi connectivity index (χ4v) is 3.81. The highest BCUT2D eigenvalue weighted by molar-refractivity contribution is 8.18. The second-order valence-corrected chi connectivity index (χ2v) is 7.23. The van der Waals surface area contributed by atoms with Gasteiger partial charge in [0.25, 0.3) is 11.6 Å². The van der Waals surface area contributed by atoms with E-state index in [2.05, 4.69) is 4.99 Å². The largest absolute Gasteiger partial charge is 0.288 e. The number of aryl methyl sites for hydroxylation is 1. The van der Waals surface area contributed by atoms with Gasteiger partial charge in [0, 0.05) is 12.6 Å². The van der Waals surface area contributed by atoms with Gasteiger partial charge in [-0.3, -0.25) is 19.8 Å². The van der Waals surface area contributed by atoms with Gasteiger partial charge < -0.3 is 0 Å². The van der Waals surface area contributed by atoms with Crippen LogP contribution in [0.5, 0.6) is 0 Å². The third-order valence-corrected chi connectivity index (χ3v) is 5.33. The Hall–Kier alpha value is -2.64. The van der Waals surface area contributed by atoms with Crippen molar-refractivity contribution in [3.63, 3.8) is 0 Å². The molecule has 1 heterocycles. The second kappa shape index (κ2) is 7.94. The number of nitro groups is 1. The van der Waals surface area contributed by atoms with Crippen molar-refractivity contribution in [1.82, 2.24) is 4.90 Å². The van der Waals surface area contributed by atoms with Gasteiger partial charge in [-0.05, 0) is 54.9 Å². The average Bonchev–Trinajstić information content (AvgIpc) is 2.93. The van der Waals surface area contributed by atoms with Crippen LogP contribution < -0.4 is 0 Å². The van der Waals surface area contributed by atoms with E-state index >= 15 is 0 Å². The summed E-state index contributed by atoms with van der Waals surface area (Å²) in [6.45, 7) is 4.32. The molecule has 0 aromatic heterocycles. The van der Waals surface area contributed by atoms with Crippen molar-refractivity contribution in [1.29, 1.82) is 0 Å². The fourth-order valence-electron chi connectivity index (χ4n) is 2.57. The maximum Gasteiger partial charge on any atom is 0.288 e. The van der Waals surface area contributed by atoms with E-state index in [4.69, 9.17) is 11.6 Å². The van der Waals surface area contributed by atoms with Crippen molar-refractivity contribution in [2.75, 3.05) is 6.54 Å². The summed E-state index contributed by atoms with van der Waals surface area (Å²) in [5.74, 6) is -0.174. The van der Waals surface area contributed by atoms with Crippen LogP contribution in [0.1, 0.15) is 18.1 Å². The molecule has 0 unspecified atom stereocenters. The lowest BCUT2D eigenvalue weighted by Gasteiger charge is -2.12. The molecule has 138 valence electrons. The Morgan fingerprint density at radius 1 is 1.30 bits per heavy atom. The number of carbonyl (C=O) groups is 1. The molecule has 1 aliphatic rings. The second-order valence-electron chi connectivity index (χ2n) is 5.81. The molecule has 2 aromatic rings. The smallest absolute Gasteiger partial charge is 0.287 e. The van der Waals surface area contributed by atoms with Crippen LogP contribution in [0, 0.1) is 17.0 Å². The summed E-state index contributed by atoms with van der Waals surface area (Å²) in [7, 11) is 0. The van der Waals surface area contributed by atoms with Crippen LogP contribution in [-0.2, 0) is 4.79 Å². The van der Waals surface area contributed by atoms with Crippen molar-refractivity contribution < 1.29 is 9.72 Å². The van der Waals surface area contributed by atoms with Crippen LogP contribution in [-0.4, -0.2) is 27.4 Å². The van der Waals surface area contributed by atoms with Gasteiger partial charge >= 0.3 is 0 Å². The number of likely N-dealkylation sites (N-methyl/N-ethyl adjacent to an activating group) is 1. The van der Waals surface area contributed by atoms with E-state index in [9.17, 15) is 14.9 Å². The molecule has 1 aliphatic heterocycles. The summed E-state index contributed by atoms with van der Waals surface area (Å²) in [5, 5.41) is 11.7.